The first-order valence-electron chi connectivity index (χ1n) is 11.0. The molecule has 8 heteroatoms. The molecule has 2 aromatic heterocycles. The van der Waals surface area contributed by atoms with Crippen molar-refractivity contribution in [3.63, 3.8) is 0 Å². The second-order valence-electron chi connectivity index (χ2n) is 9.30. The molecule has 33 heavy (non-hydrogen) atoms. The normalized spacial score (nSPS) is 15.9. The number of amides is 1. The Bertz CT molecular complexity index is 1220. The van der Waals surface area contributed by atoms with Gasteiger partial charge in [0.1, 0.15) is 15.6 Å². The zero-order valence-electron chi connectivity index (χ0n) is 19.5. The highest BCUT2D eigenvalue weighted by Gasteiger charge is 2.34. The molecule has 1 aromatic carbocycles. The van der Waals surface area contributed by atoms with Gasteiger partial charge in [-0.05, 0) is 61.3 Å². The molecule has 1 N–H and O–H groups in total. The van der Waals surface area contributed by atoms with Gasteiger partial charge in [-0.2, -0.15) is 0 Å². The number of fused-ring (bicyclic) bond motifs is 2. The van der Waals surface area contributed by atoms with E-state index >= 15 is 0 Å². The maximum absolute atomic E-state index is 13.3. The van der Waals surface area contributed by atoms with Crippen LogP contribution in [0.5, 0.6) is 5.75 Å². The summed E-state index contributed by atoms with van der Waals surface area (Å²) in [6, 6.07) is 5.56. The van der Waals surface area contributed by atoms with E-state index in [0.717, 1.165) is 39.8 Å². The SMILES string of the molecule is CCOC(=O)c1c(NC(=O)c2sc3ccc(OC)cc3c2Cl)sc2c1CCC(C(C)(C)C)C2. The maximum Gasteiger partial charge on any atom is 0.341 e. The summed E-state index contributed by atoms with van der Waals surface area (Å²) in [6.45, 7) is 8.83. The summed E-state index contributed by atoms with van der Waals surface area (Å²) >= 11 is 9.38. The van der Waals surface area contributed by atoms with Crippen LogP contribution >= 0.6 is 34.3 Å². The number of carbonyl (C=O) groups is 2. The van der Waals surface area contributed by atoms with Gasteiger partial charge in [0.15, 0.2) is 0 Å². The molecule has 4 rings (SSSR count). The minimum Gasteiger partial charge on any atom is -0.497 e. The Morgan fingerprint density at radius 3 is 2.67 bits per heavy atom. The van der Waals surface area contributed by atoms with Gasteiger partial charge >= 0.3 is 5.97 Å². The molecule has 0 saturated heterocycles. The quantitative estimate of drug-likeness (QED) is 0.372. The summed E-state index contributed by atoms with van der Waals surface area (Å²) in [7, 11) is 1.59. The van der Waals surface area contributed by atoms with Crippen LogP contribution in [0, 0.1) is 11.3 Å². The van der Waals surface area contributed by atoms with Gasteiger partial charge < -0.3 is 14.8 Å². The third-order valence-corrected chi connectivity index (χ3v) is 9.08. The fourth-order valence-corrected chi connectivity index (χ4v) is 7.01. The summed E-state index contributed by atoms with van der Waals surface area (Å²) in [4.78, 5) is 27.7. The summed E-state index contributed by atoms with van der Waals surface area (Å²) < 4.78 is 11.5. The molecule has 2 heterocycles. The van der Waals surface area contributed by atoms with Crippen molar-refractivity contribution in [3.8, 4) is 5.75 Å². The van der Waals surface area contributed by atoms with E-state index in [-0.39, 0.29) is 23.9 Å². The van der Waals surface area contributed by atoms with Crippen molar-refractivity contribution in [2.24, 2.45) is 11.3 Å². The maximum atomic E-state index is 13.3. The fraction of sp³-hybridized carbons (Fsp3) is 0.440. The molecule has 0 bridgehead atoms. The van der Waals surface area contributed by atoms with E-state index in [1.54, 1.807) is 14.0 Å². The lowest BCUT2D eigenvalue weighted by Gasteiger charge is -2.33. The largest absolute Gasteiger partial charge is 0.497 e. The topological polar surface area (TPSA) is 64.6 Å². The molecule has 176 valence electrons. The van der Waals surface area contributed by atoms with Crippen molar-refractivity contribution in [2.45, 2.75) is 47.0 Å². The van der Waals surface area contributed by atoms with E-state index in [0.29, 0.717) is 32.1 Å². The average Bonchev–Trinajstić information content (AvgIpc) is 3.29. The monoisotopic (exact) mass is 505 g/mol. The number of benzene rings is 1. The Labute approximate surface area is 207 Å². The van der Waals surface area contributed by atoms with Gasteiger partial charge in [0.25, 0.3) is 5.91 Å². The van der Waals surface area contributed by atoms with Gasteiger partial charge in [-0.25, -0.2) is 4.79 Å². The number of carbonyl (C=O) groups excluding carboxylic acids is 2. The number of hydrogen-bond acceptors (Lipinski definition) is 6. The van der Waals surface area contributed by atoms with Gasteiger partial charge in [0.05, 0.1) is 24.3 Å². The zero-order valence-corrected chi connectivity index (χ0v) is 21.9. The predicted molar refractivity (Wildman–Crippen MR) is 137 cm³/mol. The number of methoxy groups -OCH3 is 1. The summed E-state index contributed by atoms with van der Waals surface area (Å²) in [6.07, 6.45) is 2.72. The highest BCUT2D eigenvalue weighted by Crippen LogP contribution is 2.45. The lowest BCUT2D eigenvalue weighted by molar-refractivity contribution is 0.0526. The first-order valence-corrected chi connectivity index (χ1v) is 13.0. The van der Waals surface area contributed by atoms with Crippen LogP contribution in [-0.4, -0.2) is 25.6 Å². The van der Waals surface area contributed by atoms with Crippen LogP contribution in [0.4, 0.5) is 5.00 Å². The van der Waals surface area contributed by atoms with Crippen LogP contribution in [0.25, 0.3) is 10.1 Å². The summed E-state index contributed by atoms with van der Waals surface area (Å²) in [5, 5.41) is 4.69. The van der Waals surface area contributed by atoms with Gasteiger partial charge in [-0.1, -0.05) is 32.4 Å². The summed E-state index contributed by atoms with van der Waals surface area (Å²) in [5.41, 5.74) is 1.69. The Kier molecular flexibility index (Phi) is 6.76. The summed E-state index contributed by atoms with van der Waals surface area (Å²) in [5.74, 6) is 0.496. The van der Waals surface area contributed by atoms with Gasteiger partial charge in [0.2, 0.25) is 0 Å². The number of ether oxygens (including phenoxy) is 2. The molecule has 0 aliphatic heterocycles. The molecule has 0 spiro atoms. The average molecular weight is 506 g/mol. The van der Waals surface area contributed by atoms with Gasteiger partial charge in [-0.3, -0.25) is 4.79 Å². The van der Waals surface area contributed by atoms with Crippen LogP contribution in [0.2, 0.25) is 5.02 Å². The van der Waals surface area contributed by atoms with Crippen LogP contribution in [0.3, 0.4) is 0 Å². The van der Waals surface area contributed by atoms with Crippen molar-refractivity contribution in [1.82, 2.24) is 0 Å². The van der Waals surface area contributed by atoms with Crippen molar-refractivity contribution in [3.05, 3.63) is 44.1 Å². The van der Waals surface area contributed by atoms with Crippen molar-refractivity contribution in [1.29, 1.82) is 0 Å². The Hall–Kier alpha value is -2.09. The van der Waals surface area contributed by atoms with Crippen LogP contribution in [0.15, 0.2) is 18.2 Å². The number of halogens is 1. The van der Waals surface area contributed by atoms with E-state index in [1.807, 2.05) is 18.2 Å². The molecular weight excluding hydrogens is 478 g/mol. The lowest BCUT2D eigenvalue weighted by atomic mass is 9.72. The minimum atomic E-state index is -0.383. The Morgan fingerprint density at radius 2 is 2.00 bits per heavy atom. The van der Waals surface area contributed by atoms with Crippen molar-refractivity contribution in [2.75, 3.05) is 19.0 Å². The number of hydrogen-bond donors (Lipinski definition) is 1. The smallest absolute Gasteiger partial charge is 0.341 e. The third kappa shape index (κ3) is 4.63. The third-order valence-electron chi connectivity index (χ3n) is 6.24. The lowest BCUT2D eigenvalue weighted by Crippen LogP contribution is -2.26. The number of esters is 1. The van der Waals surface area contributed by atoms with E-state index in [9.17, 15) is 9.59 Å². The Balaban J connectivity index is 1.70. The molecule has 1 aliphatic carbocycles. The van der Waals surface area contributed by atoms with E-state index in [1.165, 1.54) is 22.7 Å². The standard InChI is InChI=1S/C25H28ClNO4S2/c1-6-31-24(29)19-15-9-7-13(25(2,3)4)11-18(15)33-23(19)27-22(28)21-20(26)16-12-14(30-5)8-10-17(16)32-21/h8,10,12-13H,6-7,9,11H2,1-5H3,(H,27,28). The second-order valence-corrected chi connectivity index (χ2v) is 11.8. The number of thiophene rings is 2. The molecule has 1 aliphatic rings. The molecule has 3 aromatic rings. The van der Waals surface area contributed by atoms with Crippen molar-refractivity contribution < 1.29 is 19.1 Å². The molecule has 1 unspecified atom stereocenters. The van der Waals surface area contributed by atoms with E-state index in [2.05, 4.69) is 26.1 Å². The molecule has 1 atom stereocenters. The first-order chi connectivity index (χ1) is 15.6. The highest BCUT2D eigenvalue weighted by molar-refractivity contribution is 7.22. The van der Waals surface area contributed by atoms with Crippen LogP contribution in [-0.2, 0) is 17.6 Å². The number of nitrogens with one attached hydrogen (secondary N) is 1. The fourth-order valence-electron chi connectivity index (χ4n) is 4.31. The molecular formula is C25H28ClNO4S2. The predicted octanol–water partition coefficient (Wildman–Crippen LogP) is 7.20. The molecule has 1 amide bonds. The van der Waals surface area contributed by atoms with Gasteiger partial charge in [-0.15, -0.1) is 22.7 Å². The van der Waals surface area contributed by atoms with Crippen LogP contribution in [0.1, 0.15) is 64.6 Å². The van der Waals surface area contributed by atoms with E-state index < -0.39 is 0 Å². The Morgan fingerprint density at radius 1 is 1.24 bits per heavy atom. The van der Waals surface area contributed by atoms with Crippen LogP contribution < -0.4 is 10.1 Å². The zero-order chi connectivity index (χ0) is 23.9. The van der Waals surface area contributed by atoms with Crippen molar-refractivity contribution >= 4 is 61.2 Å². The second kappa shape index (κ2) is 9.28. The highest BCUT2D eigenvalue weighted by atomic mass is 35.5. The minimum absolute atomic E-state index is 0.181. The first kappa shape index (κ1) is 24.0. The van der Waals surface area contributed by atoms with Gasteiger partial charge in [0, 0.05) is 15.0 Å². The molecule has 5 nitrogen and oxygen atoms in total. The van der Waals surface area contributed by atoms with E-state index in [4.69, 9.17) is 21.1 Å². The number of rotatable bonds is 5. The number of anilines is 1. The molecule has 0 radical (unpaired) electrons. The molecule has 0 fully saturated rings. The molecule has 0 saturated carbocycles.